The average molecular weight is 236 g/mol. The van der Waals surface area contributed by atoms with Crippen molar-refractivity contribution in [1.29, 1.82) is 0 Å². The predicted octanol–water partition coefficient (Wildman–Crippen LogP) is 3.12. The molecule has 3 rings (SSSR count). The first-order valence-corrected chi connectivity index (χ1v) is 6.35. The van der Waals surface area contributed by atoms with E-state index in [4.69, 9.17) is 4.74 Å². The minimum atomic E-state index is -0.682. The molecule has 0 spiro atoms. The molecular formula is C14H17FO2. The van der Waals surface area contributed by atoms with Crippen LogP contribution in [0.3, 0.4) is 0 Å². The molecule has 0 bridgehead atoms. The molecule has 0 aromatic heterocycles. The summed E-state index contributed by atoms with van der Waals surface area (Å²) < 4.78 is 19.0. The van der Waals surface area contributed by atoms with Crippen molar-refractivity contribution in [2.45, 2.75) is 37.9 Å². The van der Waals surface area contributed by atoms with Gasteiger partial charge in [-0.1, -0.05) is 18.9 Å². The van der Waals surface area contributed by atoms with Gasteiger partial charge in [0.1, 0.15) is 11.9 Å². The summed E-state index contributed by atoms with van der Waals surface area (Å²) in [6.45, 7) is 0.289. The molecule has 2 unspecified atom stereocenters. The molecule has 1 saturated carbocycles. The highest BCUT2D eigenvalue weighted by atomic mass is 19.1. The maximum atomic E-state index is 13.2. The lowest BCUT2D eigenvalue weighted by Crippen LogP contribution is -2.25. The van der Waals surface area contributed by atoms with Crippen molar-refractivity contribution >= 4 is 0 Å². The minimum Gasteiger partial charge on any atom is -0.386 e. The summed E-state index contributed by atoms with van der Waals surface area (Å²) in [6.07, 6.45) is 4.23. The summed E-state index contributed by atoms with van der Waals surface area (Å²) in [7, 11) is 0. The SMILES string of the molecule is OC1COC(C2CCCC2)c2ccc(F)cc21. The highest BCUT2D eigenvalue weighted by molar-refractivity contribution is 5.34. The Bertz CT molecular complexity index is 413. The van der Waals surface area contributed by atoms with Gasteiger partial charge in [-0.2, -0.15) is 0 Å². The van der Waals surface area contributed by atoms with Crippen LogP contribution in [0.1, 0.15) is 49.0 Å². The Balaban J connectivity index is 1.96. The third-order valence-corrected chi connectivity index (χ3v) is 3.98. The third kappa shape index (κ3) is 1.98. The fourth-order valence-corrected chi connectivity index (χ4v) is 3.12. The van der Waals surface area contributed by atoms with Crippen LogP contribution in [-0.2, 0) is 4.74 Å². The molecule has 17 heavy (non-hydrogen) atoms. The maximum absolute atomic E-state index is 13.2. The van der Waals surface area contributed by atoms with Gasteiger partial charge < -0.3 is 9.84 Å². The van der Waals surface area contributed by atoms with E-state index in [9.17, 15) is 9.50 Å². The van der Waals surface area contributed by atoms with Crippen LogP contribution in [0.5, 0.6) is 0 Å². The van der Waals surface area contributed by atoms with Gasteiger partial charge in [-0.3, -0.25) is 0 Å². The molecule has 0 radical (unpaired) electrons. The first kappa shape index (κ1) is 11.2. The Morgan fingerprint density at radius 2 is 1.94 bits per heavy atom. The Hall–Kier alpha value is -0.930. The number of fused-ring (bicyclic) bond motifs is 1. The summed E-state index contributed by atoms with van der Waals surface area (Å²) in [5, 5.41) is 9.85. The zero-order valence-corrected chi connectivity index (χ0v) is 9.73. The van der Waals surface area contributed by atoms with Gasteiger partial charge in [-0.25, -0.2) is 4.39 Å². The van der Waals surface area contributed by atoms with Crippen molar-refractivity contribution in [3.63, 3.8) is 0 Å². The van der Waals surface area contributed by atoms with Crippen LogP contribution in [0.15, 0.2) is 18.2 Å². The lowest BCUT2D eigenvalue weighted by molar-refractivity contribution is -0.0547. The summed E-state index contributed by atoms with van der Waals surface area (Å²) in [5.41, 5.74) is 1.70. The summed E-state index contributed by atoms with van der Waals surface area (Å²) in [6, 6.07) is 4.68. The largest absolute Gasteiger partial charge is 0.386 e. The second-order valence-electron chi connectivity index (χ2n) is 5.09. The first-order chi connectivity index (χ1) is 8.25. The molecule has 1 aromatic rings. The average Bonchev–Trinajstić information content (AvgIpc) is 2.84. The fourth-order valence-electron chi connectivity index (χ4n) is 3.12. The van der Waals surface area contributed by atoms with Gasteiger partial charge in [-0.05, 0) is 42.0 Å². The van der Waals surface area contributed by atoms with E-state index in [2.05, 4.69) is 0 Å². The van der Waals surface area contributed by atoms with E-state index in [1.807, 2.05) is 0 Å². The fraction of sp³-hybridized carbons (Fsp3) is 0.571. The smallest absolute Gasteiger partial charge is 0.123 e. The molecule has 1 fully saturated rings. The number of aliphatic hydroxyl groups excluding tert-OH is 1. The van der Waals surface area contributed by atoms with Crippen LogP contribution in [0.4, 0.5) is 4.39 Å². The molecule has 2 nitrogen and oxygen atoms in total. The molecule has 1 N–H and O–H groups in total. The minimum absolute atomic E-state index is 0.0523. The molecule has 1 aliphatic carbocycles. The Labute approximate surface area is 100 Å². The Kier molecular flexibility index (Phi) is 2.89. The number of aliphatic hydroxyl groups is 1. The monoisotopic (exact) mass is 236 g/mol. The van der Waals surface area contributed by atoms with Gasteiger partial charge in [0, 0.05) is 0 Å². The van der Waals surface area contributed by atoms with Crippen LogP contribution in [0.2, 0.25) is 0 Å². The molecule has 3 heteroatoms. The summed E-state index contributed by atoms with van der Waals surface area (Å²) in [5.74, 6) is 0.251. The summed E-state index contributed by atoms with van der Waals surface area (Å²) in [4.78, 5) is 0. The van der Waals surface area contributed by atoms with Crippen LogP contribution < -0.4 is 0 Å². The van der Waals surface area contributed by atoms with E-state index < -0.39 is 6.10 Å². The lowest BCUT2D eigenvalue weighted by Gasteiger charge is -2.33. The third-order valence-electron chi connectivity index (χ3n) is 3.98. The molecule has 0 amide bonds. The van der Waals surface area contributed by atoms with Gasteiger partial charge in [0.15, 0.2) is 0 Å². The lowest BCUT2D eigenvalue weighted by atomic mass is 9.87. The standard InChI is InChI=1S/C14H17FO2/c15-10-5-6-11-12(7-10)13(16)8-17-14(11)9-3-1-2-4-9/h5-7,9,13-14,16H,1-4,8H2. The molecule has 1 heterocycles. The van der Waals surface area contributed by atoms with Crippen molar-refractivity contribution < 1.29 is 14.2 Å². The van der Waals surface area contributed by atoms with E-state index in [0.29, 0.717) is 11.5 Å². The van der Waals surface area contributed by atoms with E-state index in [-0.39, 0.29) is 18.5 Å². The predicted molar refractivity (Wildman–Crippen MR) is 62.0 cm³/mol. The quantitative estimate of drug-likeness (QED) is 0.811. The summed E-state index contributed by atoms with van der Waals surface area (Å²) >= 11 is 0. The maximum Gasteiger partial charge on any atom is 0.123 e. The van der Waals surface area contributed by atoms with Crippen molar-refractivity contribution in [3.8, 4) is 0 Å². The normalized spacial score (nSPS) is 29.3. The van der Waals surface area contributed by atoms with Gasteiger partial charge in [0.25, 0.3) is 0 Å². The topological polar surface area (TPSA) is 29.5 Å². The number of benzene rings is 1. The number of ether oxygens (including phenoxy) is 1. The van der Waals surface area contributed by atoms with Crippen LogP contribution in [0.25, 0.3) is 0 Å². The van der Waals surface area contributed by atoms with Crippen LogP contribution >= 0.6 is 0 Å². The Morgan fingerprint density at radius 1 is 1.18 bits per heavy atom. The van der Waals surface area contributed by atoms with Crippen LogP contribution in [-0.4, -0.2) is 11.7 Å². The van der Waals surface area contributed by atoms with E-state index >= 15 is 0 Å². The number of hydrogen-bond donors (Lipinski definition) is 1. The zero-order valence-electron chi connectivity index (χ0n) is 9.73. The van der Waals surface area contributed by atoms with Crippen molar-refractivity contribution in [2.75, 3.05) is 6.61 Å². The number of rotatable bonds is 1. The molecule has 1 aliphatic heterocycles. The number of halogens is 1. The molecular weight excluding hydrogens is 219 g/mol. The molecule has 92 valence electrons. The highest BCUT2D eigenvalue weighted by Crippen LogP contribution is 2.43. The molecule has 2 atom stereocenters. The zero-order chi connectivity index (χ0) is 11.8. The van der Waals surface area contributed by atoms with Gasteiger partial charge in [0.2, 0.25) is 0 Å². The van der Waals surface area contributed by atoms with E-state index in [1.165, 1.54) is 37.8 Å². The molecule has 0 saturated heterocycles. The number of hydrogen-bond acceptors (Lipinski definition) is 2. The van der Waals surface area contributed by atoms with Crippen molar-refractivity contribution in [3.05, 3.63) is 35.1 Å². The van der Waals surface area contributed by atoms with Crippen molar-refractivity contribution in [1.82, 2.24) is 0 Å². The first-order valence-electron chi connectivity index (χ1n) is 6.35. The molecule has 1 aromatic carbocycles. The molecule has 2 aliphatic rings. The van der Waals surface area contributed by atoms with Crippen LogP contribution in [0, 0.1) is 11.7 Å². The van der Waals surface area contributed by atoms with Gasteiger partial charge in [0.05, 0.1) is 12.7 Å². The van der Waals surface area contributed by atoms with E-state index in [1.54, 1.807) is 6.07 Å². The van der Waals surface area contributed by atoms with Gasteiger partial charge >= 0.3 is 0 Å². The highest BCUT2D eigenvalue weighted by Gasteiger charge is 2.33. The van der Waals surface area contributed by atoms with E-state index in [0.717, 1.165) is 5.56 Å². The second kappa shape index (κ2) is 4.39. The van der Waals surface area contributed by atoms with Gasteiger partial charge in [-0.15, -0.1) is 0 Å². The second-order valence-corrected chi connectivity index (χ2v) is 5.09. The Morgan fingerprint density at radius 3 is 2.71 bits per heavy atom. The van der Waals surface area contributed by atoms with Crippen molar-refractivity contribution in [2.24, 2.45) is 5.92 Å².